The summed E-state index contributed by atoms with van der Waals surface area (Å²) in [5.74, 6) is -3.31. The molecule has 0 radical (unpaired) electrons. The maximum absolute atomic E-state index is 14.1. The Morgan fingerprint density at radius 2 is 1.50 bits per heavy atom. The number of alkyl carbamates (subject to hydrolysis) is 1. The fourth-order valence-electron chi connectivity index (χ4n) is 6.87. The fourth-order valence-corrected chi connectivity index (χ4v) is 6.87. The molecule has 0 bridgehead atoms. The molecule has 0 aliphatic carbocycles. The lowest BCUT2D eigenvalue weighted by Gasteiger charge is -2.25. The first-order valence-electron chi connectivity index (χ1n) is 21.7. The Bertz CT molecular complexity index is 1920. The summed E-state index contributed by atoms with van der Waals surface area (Å²) in [7, 11) is 1.22. The van der Waals surface area contributed by atoms with Gasteiger partial charge in [-0.3, -0.25) is 24.0 Å². The van der Waals surface area contributed by atoms with Crippen LogP contribution in [0.4, 0.5) is 4.79 Å². The van der Waals surface area contributed by atoms with E-state index in [4.69, 9.17) is 9.47 Å². The largest absolute Gasteiger partial charge is 0.467 e. The average molecular weight is 855 g/mol. The van der Waals surface area contributed by atoms with E-state index in [1.165, 1.54) is 19.6 Å². The number of carbonyl (C=O) groups is 7. The first-order chi connectivity index (χ1) is 30.0. The number of methoxy groups -OCH3 is 1. The summed E-state index contributed by atoms with van der Waals surface area (Å²) in [5, 5.41) is 16.4. The normalized spacial score (nSPS) is 18.2. The lowest BCUT2D eigenvalue weighted by atomic mass is 10.0. The van der Waals surface area contributed by atoms with Gasteiger partial charge in [-0.25, -0.2) is 9.59 Å². The molecule has 1 heterocycles. The number of carbonyl (C=O) groups excluding carboxylic acids is 7. The van der Waals surface area contributed by atoms with Crippen molar-refractivity contribution in [3.05, 3.63) is 95.6 Å². The van der Waals surface area contributed by atoms with E-state index in [0.29, 0.717) is 37.8 Å². The van der Waals surface area contributed by atoms with Gasteiger partial charge in [-0.1, -0.05) is 80.1 Å². The SMILES string of the molecule is CCCCc1ccc(-c2ccc(C(=O)N[C@@H](CCCCNC(=O)OCc3ccccc3)C(=O)N[C@H]3CCCC(=O)NCCCC[C@@H](C(=O)OC)NC(=O)[C@H](C)NC3=O)cc2)cc1. The molecule has 1 saturated heterocycles. The van der Waals surface area contributed by atoms with Crippen LogP contribution in [0, 0.1) is 0 Å². The number of benzene rings is 3. The Morgan fingerprint density at radius 3 is 2.19 bits per heavy atom. The number of nitrogens with one attached hydrogen (secondary N) is 6. The van der Waals surface area contributed by atoms with Crippen molar-refractivity contribution in [1.82, 2.24) is 31.9 Å². The van der Waals surface area contributed by atoms with Crippen molar-refractivity contribution in [2.45, 2.75) is 122 Å². The topological polar surface area (TPSA) is 210 Å². The van der Waals surface area contributed by atoms with Gasteiger partial charge in [0.1, 0.15) is 30.8 Å². The van der Waals surface area contributed by atoms with E-state index in [-0.39, 0.29) is 51.2 Å². The Labute approximate surface area is 364 Å². The first kappa shape index (κ1) is 48.4. The highest BCUT2D eigenvalue weighted by atomic mass is 16.5. The van der Waals surface area contributed by atoms with E-state index in [9.17, 15) is 33.6 Å². The molecule has 0 unspecified atom stereocenters. The van der Waals surface area contributed by atoms with Crippen molar-refractivity contribution in [1.29, 1.82) is 0 Å². The van der Waals surface area contributed by atoms with E-state index >= 15 is 0 Å². The highest BCUT2D eigenvalue weighted by Gasteiger charge is 2.30. The summed E-state index contributed by atoms with van der Waals surface area (Å²) in [6.07, 6.45) is 5.43. The van der Waals surface area contributed by atoms with E-state index in [0.717, 1.165) is 36.0 Å². The first-order valence-corrected chi connectivity index (χ1v) is 21.7. The van der Waals surface area contributed by atoms with Crippen LogP contribution in [0.3, 0.4) is 0 Å². The van der Waals surface area contributed by atoms with Crippen LogP contribution in [-0.4, -0.2) is 86.0 Å². The molecule has 6 amide bonds. The molecule has 3 aromatic rings. The van der Waals surface area contributed by atoms with Crippen molar-refractivity contribution in [3.8, 4) is 11.1 Å². The maximum Gasteiger partial charge on any atom is 0.407 e. The van der Waals surface area contributed by atoms with Crippen molar-refractivity contribution < 1.29 is 43.0 Å². The number of rotatable bonds is 16. The second kappa shape index (κ2) is 26.2. The third-order valence-corrected chi connectivity index (χ3v) is 10.6. The van der Waals surface area contributed by atoms with Crippen LogP contribution in [0.1, 0.15) is 106 Å². The Balaban J connectivity index is 1.46. The van der Waals surface area contributed by atoms with Crippen LogP contribution in [0.2, 0.25) is 0 Å². The summed E-state index contributed by atoms with van der Waals surface area (Å²) in [4.78, 5) is 91.9. The van der Waals surface area contributed by atoms with Gasteiger partial charge in [-0.15, -0.1) is 0 Å². The molecule has 62 heavy (non-hydrogen) atoms. The van der Waals surface area contributed by atoms with Crippen LogP contribution < -0.4 is 31.9 Å². The van der Waals surface area contributed by atoms with Crippen LogP contribution in [-0.2, 0) is 46.5 Å². The Kier molecular flexibility index (Phi) is 20.4. The molecule has 1 fully saturated rings. The lowest BCUT2D eigenvalue weighted by Crippen LogP contribution is -2.57. The predicted octanol–water partition coefficient (Wildman–Crippen LogP) is 5.01. The van der Waals surface area contributed by atoms with E-state index < -0.39 is 59.9 Å². The van der Waals surface area contributed by atoms with Crippen LogP contribution in [0.15, 0.2) is 78.9 Å². The number of hydrogen-bond donors (Lipinski definition) is 6. The number of aryl methyl sites for hydroxylation is 1. The van der Waals surface area contributed by atoms with Gasteiger partial charge in [0.05, 0.1) is 7.11 Å². The molecule has 6 N–H and O–H groups in total. The summed E-state index contributed by atoms with van der Waals surface area (Å²) in [6, 6.07) is 20.3. The second-order valence-corrected chi connectivity index (χ2v) is 15.5. The van der Waals surface area contributed by atoms with Gasteiger partial charge in [0.2, 0.25) is 23.6 Å². The molecular weight excluding hydrogens is 793 g/mol. The second-order valence-electron chi connectivity index (χ2n) is 15.5. The predicted molar refractivity (Wildman–Crippen MR) is 234 cm³/mol. The van der Waals surface area contributed by atoms with E-state index in [1.54, 1.807) is 12.1 Å². The van der Waals surface area contributed by atoms with Crippen LogP contribution in [0.25, 0.3) is 11.1 Å². The van der Waals surface area contributed by atoms with Crippen LogP contribution >= 0.6 is 0 Å². The molecular formula is C47H62N6O9. The lowest BCUT2D eigenvalue weighted by molar-refractivity contribution is -0.145. The van der Waals surface area contributed by atoms with Crippen molar-refractivity contribution in [3.63, 3.8) is 0 Å². The van der Waals surface area contributed by atoms with E-state index in [1.807, 2.05) is 42.5 Å². The minimum absolute atomic E-state index is 0.0564. The number of esters is 1. The Morgan fingerprint density at radius 1 is 0.790 bits per heavy atom. The highest BCUT2D eigenvalue weighted by Crippen LogP contribution is 2.21. The zero-order valence-corrected chi connectivity index (χ0v) is 36.1. The molecule has 4 atom stereocenters. The molecule has 15 nitrogen and oxygen atoms in total. The molecule has 0 spiro atoms. The van der Waals surface area contributed by atoms with Gasteiger partial charge >= 0.3 is 12.1 Å². The van der Waals surface area contributed by atoms with Crippen LogP contribution in [0.5, 0.6) is 0 Å². The molecule has 4 rings (SSSR count). The Hall–Kier alpha value is -6.25. The van der Waals surface area contributed by atoms with Crippen molar-refractivity contribution >= 4 is 41.6 Å². The van der Waals surface area contributed by atoms with Gasteiger partial charge < -0.3 is 41.4 Å². The highest BCUT2D eigenvalue weighted by molar-refractivity contribution is 5.99. The number of amides is 6. The zero-order valence-electron chi connectivity index (χ0n) is 36.1. The van der Waals surface area contributed by atoms with E-state index in [2.05, 4.69) is 63.1 Å². The summed E-state index contributed by atoms with van der Waals surface area (Å²) in [5.41, 5.74) is 4.37. The van der Waals surface area contributed by atoms with Gasteiger partial charge in [0.25, 0.3) is 5.91 Å². The quantitative estimate of drug-likeness (QED) is 0.0844. The smallest absolute Gasteiger partial charge is 0.407 e. The third kappa shape index (κ3) is 16.7. The summed E-state index contributed by atoms with van der Waals surface area (Å²) < 4.78 is 10.1. The van der Waals surface area contributed by atoms with Gasteiger partial charge in [-0.05, 0) is 106 Å². The molecule has 1 aliphatic rings. The third-order valence-electron chi connectivity index (χ3n) is 10.6. The van der Waals surface area contributed by atoms with Gasteiger partial charge in [0, 0.05) is 25.1 Å². The minimum Gasteiger partial charge on any atom is -0.467 e. The number of ether oxygens (including phenoxy) is 2. The summed E-state index contributed by atoms with van der Waals surface area (Å²) >= 11 is 0. The average Bonchev–Trinajstić information content (AvgIpc) is 3.28. The monoisotopic (exact) mass is 854 g/mol. The number of hydrogen-bond acceptors (Lipinski definition) is 9. The fraction of sp³-hybridized carbons (Fsp3) is 0.468. The molecule has 15 heteroatoms. The standard InChI is InChI=1S/C47H62N6O9/c1-4-5-14-33-21-23-35(24-22-33)36-25-27-37(28-26-36)43(56)51-38(17-9-12-30-49-47(60)62-31-34-15-7-6-8-16-34)45(58)52-39-19-13-20-41(54)48-29-11-10-18-40(46(59)61-3)53-42(55)32(2)50-44(39)57/h6-8,15-16,21-28,32,38-40H,4-5,9-14,17-20,29-31H2,1-3H3,(H,48,54)(H,49,60)(H,50,57)(H,51,56)(H,52,58)(H,53,55)/t32-,38-,39-,40-/m0/s1. The molecule has 334 valence electrons. The molecule has 3 aromatic carbocycles. The molecule has 1 aliphatic heterocycles. The zero-order chi connectivity index (χ0) is 44.7. The van der Waals surface area contributed by atoms with Gasteiger partial charge in [0.15, 0.2) is 0 Å². The maximum atomic E-state index is 14.1. The van der Waals surface area contributed by atoms with Gasteiger partial charge in [-0.2, -0.15) is 0 Å². The minimum atomic E-state index is -1.18. The molecule has 0 aromatic heterocycles. The number of unbranched alkanes of at least 4 members (excludes halogenated alkanes) is 2. The summed E-state index contributed by atoms with van der Waals surface area (Å²) in [6.45, 7) is 4.34. The van der Waals surface area contributed by atoms with Crippen molar-refractivity contribution in [2.24, 2.45) is 0 Å². The molecule has 0 saturated carbocycles. The van der Waals surface area contributed by atoms with Crippen molar-refractivity contribution in [2.75, 3.05) is 20.2 Å².